The number of carbonyl (C=O) groups excluding carboxylic acids is 6. The predicted molar refractivity (Wildman–Crippen MR) is 127 cm³/mol. The van der Waals surface area contributed by atoms with E-state index in [1.165, 1.54) is 22.7 Å². The quantitative estimate of drug-likeness (QED) is 0.0707. The monoisotopic (exact) mass is 626 g/mol. The molecule has 0 saturated carbocycles. The maximum atomic E-state index is 10.5. The molecule has 0 heterocycles. The molecular formula is C24H26O12Sn. The van der Waals surface area contributed by atoms with E-state index in [9.17, 15) is 44.1 Å². The van der Waals surface area contributed by atoms with Crippen molar-refractivity contribution >= 4 is 58.3 Å². The Morgan fingerprint density at radius 3 is 0.865 bits per heavy atom. The molecule has 0 radical (unpaired) electrons. The maximum absolute atomic E-state index is 10.5. The number of allylic oxidation sites excluding steroid dienone is 1. The molecule has 37 heavy (non-hydrogen) atoms. The SMILES string of the molecule is C=CCOC(=O)C=CC(=O)[O-].C=CCOC(=O)C=CC(=O)[O-].C=CCOC(=O)C=CC(=O)[O-].C=C[CH2][Sn+3]. The molecule has 0 unspecified atom stereocenters. The topological polar surface area (TPSA) is 199 Å². The zero-order valence-electron chi connectivity index (χ0n) is 19.8. The van der Waals surface area contributed by atoms with Gasteiger partial charge in [-0.05, 0) is 18.2 Å². The fourth-order valence-corrected chi connectivity index (χ4v) is 0.976. The zero-order chi connectivity index (χ0) is 29.5. The van der Waals surface area contributed by atoms with Crippen molar-refractivity contribution in [3.63, 3.8) is 0 Å². The number of carbonyl (C=O) groups is 6. The summed E-state index contributed by atoms with van der Waals surface area (Å²) in [5, 5.41) is 29.3. The molecular weight excluding hydrogens is 599 g/mol. The van der Waals surface area contributed by atoms with Gasteiger partial charge in [0.1, 0.15) is 19.8 Å². The van der Waals surface area contributed by atoms with E-state index in [1.54, 1.807) is 22.5 Å². The molecule has 0 N–H and O–H groups in total. The average molecular weight is 625 g/mol. The fraction of sp³-hybridized carbons (Fsp3) is 0.167. The first-order valence-corrected chi connectivity index (χ1v) is 11.7. The van der Waals surface area contributed by atoms with Crippen molar-refractivity contribution in [3.8, 4) is 0 Å². The molecule has 0 aromatic rings. The third kappa shape index (κ3) is 49.9. The number of rotatable bonds is 13. The third-order valence-electron chi connectivity index (χ3n) is 2.24. The number of carboxylic acids is 3. The van der Waals surface area contributed by atoms with Crippen molar-refractivity contribution in [2.45, 2.75) is 4.44 Å². The number of hydrogen-bond acceptors (Lipinski definition) is 12. The van der Waals surface area contributed by atoms with Gasteiger partial charge in [-0.3, -0.25) is 0 Å². The van der Waals surface area contributed by atoms with E-state index in [4.69, 9.17) is 0 Å². The van der Waals surface area contributed by atoms with Crippen LogP contribution in [0.5, 0.6) is 0 Å². The molecule has 0 saturated heterocycles. The van der Waals surface area contributed by atoms with Crippen LogP contribution in [0.3, 0.4) is 0 Å². The van der Waals surface area contributed by atoms with Crippen molar-refractivity contribution in [2.75, 3.05) is 19.8 Å². The summed E-state index contributed by atoms with van der Waals surface area (Å²) in [4.78, 5) is 60.6. The number of ether oxygens (including phenoxy) is 3. The van der Waals surface area contributed by atoms with Crippen molar-refractivity contribution in [3.05, 3.63) is 87.1 Å². The summed E-state index contributed by atoms with van der Waals surface area (Å²) >= 11 is 1.55. The molecule has 0 fully saturated rings. The Morgan fingerprint density at radius 1 is 0.514 bits per heavy atom. The van der Waals surface area contributed by atoms with Crippen LogP contribution in [0.15, 0.2) is 87.1 Å². The van der Waals surface area contributed by atoms with Gasteiger partial charge in [-0.15, -0.1) is 0 Å². The molecule has 0 aliphatic rings. The van der Waals surface area contributed by atoms with Crippen molar-refractivity contribution in [1.29, 1.82) is 0 Å². The second-order valence-electron chi connectivity index (χ2n) is 5.21. The summed E-state index contributed by atoms with van der Waals surface area (Å²) in [5.74, 6) is -6.47. The van der Waals surface area contributed by atoms with Gasteiger partial charge in [-0.2, -0.15) is 0 Å². The summed E-state index contributed by atoms with van der Waals surface area (Å²) in [6.07, 6.45) is 10.2. The summed E-state index contributed by atoms with van der Waals surface area (Å²) in [7, 11) is 0. The van der Waals surface area contributed by atoms with Crippen LogP contribution in [0.25, 0.3) is 0 Å². The molecule has 0 atom stereocenters. The van der Waals surface area contributed by atoms with Crippen molar-refractivity contribution in [2.24, 2.45) is 0 Å². The molecule has 13 heteroatoms. The Morgan fingerprint density at radius 2 is 0.730 bits per heavy atom. The van der Waals surface area contributed by atoms with E-state index in [0.717, 1.165) is 18.2 Å². The van der Waals surface area contributed by atoms with Crippen LogP contribution in [0.1, 0.15) is 0 Å². The standard InChI is InChI=1S/3C7H8O4.C3H5.Sn/c3*1-2-5-11-7(10)4-3-6(8)9;1-3-2;/h3*2-4H,1,5H2,(H,8,9);3H,1-2H2;/q;;;;+3/p-3. The number of aliphatic carboxylic acids is 3. The van der Waals surface area contributed by atoms with E-state index in [1.807, 2.05) is 6.08 Å². The van der Waals surface area contributed by atoms with Crippen molar-refractivity contribution in [1.82, 2.24) is 0 Å². The van der Waals surface area contributed by atoms with Crippen LogP contribution in [-0.4, -0.2) is 78.2 Å². The number of carboxylic acid groups (broad SMARTS) is 3. The second kappa shape index (κ2) is 31.8. The van der Waals surface area contributed by atoms with Crippen molar-refractivity contribution < 1.29 is 58.3 Å². The van der Waals surface area contributed by atoms with Gasteiger partial charge in [0.05, 0.1) is 17.9 Å². The van der Waals surface area contributed by atoms with Gasteiger partial charge >= 0.3 is 57.5 Å². The van der Waals surface area contributed by atoms with Gasteiger partial charge in [0.25, 0.3) is 0 Å². The first-order valence-electron chi connectivity index (χ1n) is 9.67. The fourth-order valence-electron chi connectivity index (χ4n) is 0.976. The molecule has 0 rings (SSSR count). The van der Waals surface area contributed by atoms with Gasteiger partial charge in [0, 0.05) is 18.2 Å². The number of hydrogen-bond donors (Lipinski definition) is 0. The average Bonchev–Trinajstić information content (AvgIpc) is 2.86. The predicted octanol–water partition coefficient (Wildman–Crippen LogP) is -2.18. The zero-order valence-corrected chi connectivity index (χ0v) is 22.7. The van der Waals surface area contributed by atoms with Gasteiger partial charge in [0.15, 0.2) is 0 Å². The van der Waals surface area contributed by atoms with Gasteiger partial charge < -0.3 is 43.9 Å². The molecule has 0 aromatic heterocycles. The van der Waals surface area contributed by atoms with E-state index in [2.05, 4.69) is 40.5 Å². The Labute approximate surface area is 227 Å². The van der Waals surface area contributed by atoms with E-state index < -0.39 is 35.8 Å². The molecule has 0 amide bonds. The summed E-state index contributed by atoms with van der Waals surface area (Å²) in [6, 6.07) is 0. The molecule has 198 valence electrons. The Hall–Kier alpha value is -4.20. The van der Waals surface area contributed by atoms with Gasteiger partial charge in [-0.25, -0.2) is 14.4 Å². The van der Waals surface area contributed by atoms with Gasteiger partial charge in [0.2, 0.25) is 0 Å². The Kier molecular flexibility index (Phi) is 34.4. The summed E-state index contributed by atoms with van der Waals surface area (Å²) < 4.78 is 14.4. The molecule has 12 nitrogen and oxygen atoms in total. The minimum absolute atomic E-state index is 0.0657. The molecule has 0 bridgehead atoms. The van der Waals surface area contributed by atoms with E-state index in [-0.39, 0.29) is 19.8 Å². The van der Waals surface area contributed by atoms with Crippen LogP contribution < -0.4 is 15.3 Å². The normalized spacial score (nSPS) is 9.14. The third-order valence-corrected chi connectivity index (χ3v) is 3.07. The van der Waals surface area contributed by atoms with E-state index >= 15 is 0 Å². The van der Waals surface area contributed by atoms with Crippen LogP contribution in [0, 0.1) is 0 Å². The molecule has 0 spiro atoms. The van der Waals surface area contributed by atoms with Gasteiger partial charge in [-0.1, -0.05) is 38.0 Å². The molecule has 0 aliphatic heterocycles. The Bertz CT molecular complexity index is 749. The van der Waals surface area contributed by atoms with Crippen LogP contribution in [0.4, 0.5) is 0 Å². The van der Waals surface area contributed by atoms with E-state index in [0.29, 0.717) is 18.2 Å². The molecule has 0 aliphatic carbocycles. The summed E-state index contributed by atoms with van der Waals surface area (Å²) in [5.41, 5.74) is 0. The van der Waals surface area contributed by atoms with Crippen LogP contribution >= 0.6 is 0 Å². The van der Waals surface area contributed by atoms with Crippen LogP contribution in [-0.2, 0) is 43.0 Å². The second-order valence-corrected chi connectivity index (χ2v) is 6.37. The molecule has 0 aromatic carbocycles. The Balaban J connectivity index is -0.000000205. The number of esters is 3. The first-order chi connectivity index (χ1) is 17.4. The summed E-state index contributed by atoms with van der Waals surface area (Å²) in [6.45, 7) is 13.6. The minimum atomic E-state index is -1.43. The first kappa shape index (κ1) is 40.0. The van der Waals surface area contributed by atoms with Crippen LogP contribution in [0.2, 0.25) is 4.44 Å².